The van der Waals surface area contributed by atoms with Crippen LogP contribution in [-0.2, 0) is 0 Å². The first-order valence-electron chi connectivity index (χ1n) is 9.27. The molecule has 3 aromatic rings. The Morgan fingerprint density at radius 3 is 2.57 bits per heavy atom. The molecule has 0 radical (unpaired) electrons. The maximum absolute atomic E-state index is 13.3. The molecule has 0 atom stereocenters. The van der Waals surface area contributed by atoms with Crippen LogP contribution in [0.2, 0.25) is 0 Å². The van der Waals surface area contributed by atoms with Crippen molar-refractivity contribution in [2.75, 3.05) is 31.1 Å². The van der Waals surface area contributed by atoms with Gasteiger partial charge in [-0.1, -0.05) is 47.2 Å². The summed E-state index contributed by atoms with van der Waals surface area (Å²) in [4.78, 5) is 32.4. The van der Waals surface area contributed by atoms with E-state index in [1.807, 2.05) is 18.2 Å². The second-order valence-electron chi connectivity index (χ2n) is 6.40. The molecule has 0 aliphatic rings. The maximum Gasteiger partial charge on any atom is 0.270 e. The molecule has 2 aromatic carbocycles. The van der Waals surface area contributed by atoms with Gasteiger partial charge >= 0.3 is 0 Å². The molecule has 30 heavy (non-hydrogen) atoms. The summed E-state index contributed by atoms with van der Waals surface area (Å²) in [6.45, 7) is 7.04. The molecule has 1 aromatic heterocycles. The number of benzene rings is 2. The quantitative estimate of drug-likeness (QED) is 0.298. The number of halogens is 2. The number of amides is 1. The van der Waals surface area contributed by atoms with Gasteiger partial charge < -0.3 is 4.90 Å². The van der Waals surface area contributed by atoms with Crippen molar-refractivity contribution >= 4 is 66.6 Å². The van der Waals surface area contributed by atoms with Gasteiger partial charge in [-0.05, 0) is 37.4 Å². The molecular formula is C20H22BrClN4O3S. The van der Waals surface area contributed by atoms with E-state index in [0.717, 1.165) is 27.8 Å². The summed E-state index contributed by atoms with van der Waals surface area (Å²) in [6.07, 6.45) is 0. The van der Waals surface area contributed by atoms with Gasteiger partial charge in [0.2, 0.25) is 0 Å². The minimum absolute atomic E-state index is 0. The molecular weight excluding hydrogens is 492 g/mol. The van der Waals surface area contributed by atoms with Gasteiger partial charge in [-0.3, -0.25) is 19.8 Å². The Morgan fingerprint density at radius 2 is 1.90 bits per heavy atom. The van der Waals surface area contributed by atoms with Gasteiger partial charge in [-0.2, -0.15) is 0 Å². The molecule has 0 saturated heterocycles. The smallest absolute Gasteiger partial charge is 0.270 e. The Morgan fingerprint density at radius 1 is 1.17 bits per heavy atom. The Hall–Kier alpha value is -2.07. The highest BCUT2D eigenvalue weighted by Gasteiger charge is 2.23. The van der Waals surface area contributed by atoms with E-state index in [1.54, 1.807) is 11.0 Å². The lowest BCUT2D eigenvalue weighted by Gasteiger charge is -2.24. The second-order valence-corrected chi connectivity index (χ2v) is 8.32. The lowest BCUT2D eigenvalue weighted by Crippen LogP contribution is -2.38. The van der Waals surface area contributed by atoms with Gasteiger partial charge in [0.1, 0.15) is 0 Å². The third kappa shape index (κ3) is 5.54. The minimum atomic E-state index is -0.494. The Balaban J connectivity index is 0.00000320. The molecule has 160 valence electrons. The zero-order valence-corrected chi connectivity index (χ0v) is 19.8. The van der Waals surface area contributed by atoms with Crippen LogP contribution in [0.4, 0.5) is 10.8 Å². The first-order valence-corrected chi connectivity index (χ1v) is 10.9. The number of hydrogen-bond donors (Lipinski definition) is 0. The number of nitrogens with zero attached hydrogens (tertiary/aromatic N) is 4. The summed E-state index contributed by atoms with van der Waals surface area (Å²) in [6, 6.07) is 11.6. The highest BCUT2D eigenvalue weighted by Crippen LogP contribution is 2.32. The molecule has 10 heteroatoms. The van der Waals surface area contributed by atoms with Gasteiger partial charge in [-0.15, -0.1) is 12.4 Å². The van der Waals surface area contributed by atoms with Crippen LogP contribution in [0.3, 0.4) is 0 Å². The average molecular weight is 514 g/mol. The molecule has 0 saturated carbocycles. The van der Waals surface area contributed by atoms with E-state index in [-0.39, 0.29) is 29.6 Å². The van der Waals surface area contributed by atoms with Crippen molar-refractivity contribution in [3.8, 4) is 0 Å². The number of thiazole rings is 1. The van der Waals surface area contributed by atoms with Gasteiger partial charge in [0.05, 0.1) is 15.1 Å². The van der Waals surface area contributed by atoms with E-state index >= 15 is 0 Å². The monoisotopic (exact) mass is 512 g/mol. The van der Waals surface area contributed by atoms with Crippen LogP contribution in [0.25, 0.3) is 10.2 Å². The van der Waals surface area contributed by atoms with Crippen molar-refractivity contribution in [3.05, 3.63) is 62.6 Å². The van der Waals surface area contributed by atoms with Crippen molar-refractivity contribution in [2.24, 2.45) is 0 Å². The third-order valence-electron chi connectivity index (χ3n) is 4.65. The number of nitro benzene ring substituents is 1. The number of fused-ring (bicyclic) bond motifs is 1. The summed E-state index contributed by atoms with van der Waals surface area (Å²) in [5.74, 6) is -0.293. The van der Waals surface area contributed by atoms with E-state index in [4.69, 9.17) is 0 Å². The highest BCUT2D eigenvalue weighted by atomic mass is 79.9. The van der Waals surface area contributed by atoms with Gasteiger partial charge in [0.25, 0.3) is 11.6 Å². The number of hydrogen-bond acceptors (Lipinski definition) is 6. The van der Waals surface area contributed by atoms with E-state index in [2.05, 4.69) is 39.7 Å². The predicted molar refractivity (Wildman–Crippen MR) is 127 cm³/mol. The standard InChI is InChI=1S/C20H21BrN4O3S.ClH/c1-3-23(4-2)10-11-24(19(26)14-6-5-7-16(12-14)25(27)28)20-22-17-9-8-15(21)13-18(17)29-20;/h5-9,12-13H,3-4,10-11H2,1-2H3;1H. The Bertz CT molecular complexity index is 1040. The van der Waals surface area contributed by atoms with Crippen LogP contribution in [0.15, 0.2) is 46.9 Å². The fourth-order valence-electron chi connectivity index (χ4n) is 2.98. The zero-order valence-electron chi connectivity index (χ0n) is 16.6. The molecule has 0 aliphatic carbocycles. The zero-order chi connectivity index (χ0) is 21.0. The largest absolute Gasteiger partial charge is 0.302 e. The summed E-state index contributed by atoms with van der Waals surface area (Å²) in [5.41, 5.74) is 0.986. The van der Waals surface area contributed by atoms with Crippen LogP contribution < -0.4 is 4.90 Å². The van der Waals surface area contributed by atoms with Crippen LogP contribution in [0.5, 0.6) is 0 Å². The normalized spacial score (nSPS) is 10.8. The number of anilines is 1. The SMILES string of the molecule is CCN(CC)CCN(C(=O)c1cccc([N+](=O)[O-])c1)c1nc2ccc(Br)cc2s1.Cl. The van der Waals surface area contributed by atoms with Crippen molar-refractivity contribution in [1.29, 1.82) is 0 Å². The van der Waals surface area contributed by atoms with Crippen LogP contribution in [-0.4, -0.2) is 46.9 Å². The summed E-state index contributed by atoms with van der Waals surface area (Å²) in [7, 11) is 0. The van der Waals surface area contributed by atoms with Crippen LogP contribution in [0, 0.1) is 10.1 Å². The van der Waals surface area contributed by atoms with Crippen molar-refractivity contribution in [1.82, 2.24) is 9.88 Å². The fraction of sp³-hybridized carbons (Fsp3) is 0.300. The van der Waals surface area contributed by atoms with Crippen LogP contribution in [0.1, 0.15) is 24.2 Å². The van der Waals surface area contributed by atoms with Gasteiger partial charge in [0.15, 0.2) is 5.13 Å². The van der Waals surface area contributed by atoms with Gasteiger partial charge in [0, 0.05) is 35.3 Å². The van der Waals surface area contributed by atoms with Crippen molar-refractivity contribution in [3.63, 3.8) is 0 Å². The Labute approximate surface area is 193 Å². The number of non-ortho nitro benzene ring substituents is 1. The average Bonchev–Trinajstić information content (AvgIpc) is 3.13. The third-order valence-corrected chi connectivity index (χ3v) is 6.19. The molecule has 3 rings (SSSR count). The number of nitro groups is 1. The molecule has 0 fully saturated rings. The maximum atomic E-state index is 13.3. The second kappa shape index (κ2) is 10.8. The molecule has 1 heterocycles. The molecule has 1 amide bonds. The van der Waals surface area contributed by atoms with E-state index in [1.165, 1.54) is 29.5 Å². The number of carbonyl (C=O) groups is 1. The molecule has 0 bridgehead atoms. The van der Waals surface area contributed by atoms with Crippen molar-refractivity contribution < 1.29 is 9.72 Å². The fourth-order valence-corrected chi connectivity index (χ4v) is 4.52. The molecule has 0 N–H and O–H groups in total. The van der Waals surface area contributed by atoms with Gasteiger partial charge in [-0.25, -0.2) is 4.98 Å². The number of aromatic nitrogens is 1. The number of carbonyl (C=O) groups excluding carboxylic acids is 1. The molecule has 0 unspecified atom stereocenters. The summed E-state index contributed by atoms with van der Waals surface area (Å²) >= 11 is 4.89. The topological polar surface area (TPSA) is 79.6 Å². The predicted octanol–water partition coefficient (Wildman–Crippen LogP) is 5.38. The first-order chi connectivity index (χ1) is 13.9. The number of likely N-dealkylation sites (N-methyl/N-ethyl adjacent to an activating group) is 1. The van der Waals surface area contributed by atoms with E-state index in [9.17, 15) is 14.9 Å². The molecule has 0 aliphatic heterocycles. The van der Waals surface area contributed by atoms with E-state index < -0.39 is 4.92 Å². The minimum Gasteiger partial charge on any atom is -0.302 e. The highest BCUT2D eigenvalue weighted by molar-refractivity contribution is 9.10. The Kier molecular flexibility index (Phi) is 8.72. The molecule has 7 nitrogen and oxygen atoms in total. The summed E-state index contributed by atoms with van der Waals surface area (Å²) < 4.78 is 1.91. The van der Waals surface area contributed by atoms with Crippen LogP contribution >= 0.6 is 39.7 Å². The van der Waals surface area contributed by atoms with Crippen molar-refractivity contribution in [2.45, 2.75) is 13.8 Å². The lowest BCUT2D eigenvalue weighted by molar-refractivity contribution is -0.384. The van der Waals surface area contributed by atoms with E-state index in [0.29, 0.717) is 18.2 Å². The first kappa shape index (κ1) is 24.2. The summed E-state index contributed by atoms with van der Waals surface area (Å²) in [5, 5.41) is 11.7. The lowest BCUT2D eigenvalue weighted by atomic mass is 10.2. The molecule has 0 spiro atoms. The number of rotatable bonds is 8.